The van der Waals surface area contributed by atoms with Crippen LogP contribution in [0.3, 0.4) is 0 Å². The Kier molecular flexibility index (Phi) is 5.40. The lowest BCUT2D eigenvalue weighted by Crippen LogP contribution is -2.43. The van der Waals surface area contributed by atoms with Crippen molar-refractivity contribution in [2.24, 2.45) is 0 Å². The van der Waals surface area contributed by atoms with Crippen molar-refractivity contribution < 1.29 is 9.53 Å². The van der Waals surface area contributed by atoms with E-state index < -0.39 is 5.60 Å². The SMILES string of the molecule is C=C1CC(NC(=O)OC(C)(C)C)C1.CC. The molecule has 15 heavy (non-hydrogen) atoms. The van der Waals surface area contributed by atoms with Gasteiger partial charge in [0, 0.05) is 6.04 Å². The zero-order valence-electron chi connectivity index (χ0n) is 10.5. The molecule has 0 bridgehead atoms. The lowest BCUT2D eigenvalue weighted by Gasteiger charge is -2.30. The summed E-state index contributed by atoms with van der Waals surface area (Å²) in [6, 6.07) is 0.238. The predicted octanol–water partition coefficient (Wildman–Crippen LogP) is 3.26. The number of alkyl carbamates (subject to hydrolysis) is 1. The smallest absolute Gasteiger partial charge is 0.407 e. The summed E-state index contributed by atoms with van der Waals surface area (Å²) < 4.78 is 5.10. The number of rotatable bonds is 1. The van der Waals surface area contributed by atoms with E-state index in [1.54, 1.807) is 0 Å². The van der Waals surface area contributed by atoms with Gasteiger partial charge in [-0.05, 0) is 33.6 Å². The molecule has 1 rings (SSSR count). The number of hydrogen-bond acceptors (Lipinski definition) is 2. The van der Waals surface area contributed by atoms with Gasteiger partial charge in [-0.25, -0.2) is 4.79 Å². The summed E-state index contributed by atoms with van der Waals surface area (Å²) in [6.45, 7) is 13.4. The first-order chi connectivity index (χ1) is 6.87. The molecular weight excluding hydrogens is 190 g/mol. The van der Waals surface area contributed by atoms with E-state index in [2.05, 4.69) is 11.9 Å². The third-order valence-corrected chi connectivity index (χ3v) is 1.79. The minimum Gasteiger partial charge on any atom is -0.444 e. The topological polar surface area (TPSA) is 38.3 Å². The van der Waals surface area contributed by atoms with E-state index in [-0.39, 0.29) is 12.1 Å². The Hall–Kier alpha value is -0.990. The Balaban J connectivity index is 0.000000921. The quantitative estimate of drug-likeness (QED) is 0.679. The second kappa shape index (κ2) is 5.79. The highest BCUT2D eigenvalue weighted by Gasteiger charge is 2.25. The van der Waals surface area contributed by atoms with Crippen molar-refractivity contribution in [3.05, 3.63) is 12.2 Å². The number of hydrogen-bond donors (Lipinski definition) is 1. The van der Waals surface area contributed by atoms with Crippen LogP contribution in [0.1, 0.15) is 47.5 Å². The summed E-state index contributed by atoms with van der Waals surface area (Å²) in [6.07, 6.45) is 1.45. The monoisotopic (exact) mass is 213 g/mol. The van der Waals surface area contributed by atoms with Crippen molar-refractivity contribution in [2.75, 3.05) is 0 Å². The fourth-order valence-corrected chi connectivity index (χ4v) is 1.21. The molecule has 3 nitrogen and oxygen atoms in total. The molecule has 1 fully saturated rings. The number of ether oxygens (including phenoxy) is 1. The molecule has 1 N–H and O–H groups in total. The van der Waals surface area contributed by atoms with Crippen molar-refractivity contribution in [3.63, 3.8) is 0 Å². The summed E-state index contributed by atoms with van der Waals surface area (Å²) in [5.74, 6) is 0. The average molecular weight is 213 g/mol. The van der Waals surface area contributed by atoms with E-state index in [0.717, 1.165) is 12.8 Å². The van der Waals surface area contributed by atoms with Gasteiger partial charge in [0.25, 0.3) is 0 Å². The Morgan fingerprint density at radius 1 is 1.40 bits per heavy atom. The number of carbonyl (C=O) groups is 1. The van der Waals surface area contributed by atoms with E-state index in [1.165, 1.54) is 5.57 Å². The first-order valence-electron chi connectivity index (χ1n) is 5.53. The highest BCUT2D eigenvalue weighted by molar-refractivity contribution is 5.68. The molecule has 88 valence electrons. The first kappa shape index (κ1) is 14.0. The molecular formula is C12H23NO2. The number of nitrogens with one attached hydrogen (secondary N) is 1. The Bertz CT molecular complexity index is 220. The molecule has 0 aromatic heterocycles. The van der Waals surface area contributed by atoms with Crippen LogP contribution in [0.5, 0.6) is 0 Å². The Labute approximate surface area is 92.9 Å². The van der Waals surface area contributed by atoms with Crippen molar-refractivity contribution >= 4 is 6.09 Å². The van der Waals surface area contributed by atoms with Crippen LogP contribution in [0.25, 0.3) is 0 Å². The van der Waals surface area contributed by atoms with Crippen LogP contribution < -0.4 is 5.32 Å². The van der Waals surface area contributed by atoms with E-state index in [4.69, 9.17) is 4.74 Å². The average Bonchev–Trinajstić information content (AvgIpc) is 2.02. The van der Waals surface area contributed by atoms with Crippen molar-refractivity contribution in [3.8, 4) is 0 Å². The number of amides is 1. The van der Waals surface area contributed by atoms with Crippen LogP contribution >= 0.6 is 0 Å². The standard InChI is InChI=1S/C10H17NO2.C2H6/c1-7-5-8(6-7)11-9(12)13-10(2,3)4;1-2/h8H,1,5-6H2,2-4H3,(H,11,12);1-2H3. The third-order valence-electron chi connectivity index (χ3n) is 1.79. The molecule has 0 heterocycles. The second-order valence-electron chi connectivity index (χ2n) is 4.50. The number of carbonyl (C=O) groups excluding carboxylic acids is 1. The molecule has 1 amide bonds. The lowest BCUT2D eigenvalue weighted by molar-refractivity contribution is 0.0494. The Morgan fingerprint density at radius 3 is 2.20 bits per heavy atom. The third kappa shape index (κ3) is 6.15. The fourth-order valence-electron chi connectivity index (χ4n) is 1.21. The largest absolute Gasteiger partial charge is 0.444 e. The van der Waals surface area contributed by atoms with Gasteiger partial charge in [0.15, 0.2) is 0 Å². The summed E-state index contributed by atoms with van der Waals surface area (Å²) in [7, 11) is 0. The van der Waals surface area contributed by atoms with Crippen LogP contribution in [0.2, 0.25) is 0 Å². The maximum absolute atomic E-state index is 11.2. The molecule has 0 unspecified atom stereocenters. The minimum absolute atomic E-state index is 0.238. The highest BCUT2D eigenvalue weighted by atomic mass is 16.6. The summed E-state index contributed by atoms with van der Waals surface area (Å²) in [5, 5.41) is 2.78. The molecule has 0 spiro atoms. The summed E-state index contributed by atoms with van der Waals surface area (Å²) >= 11 is 0. The van der Waals surface area contributed by atoms with E-state index in [0.29, 0.717) is 0 Å². The van der Waals surface area contributed by atoms with Gasteiger partial charge in [-0.2, -0.15) is 0 Å². The predicted molar refractivity (Wildman–Crippen MR) is 62.9 cm³/mol. The van der Waals surface area contributed by atoms with Gasteiger partial charge < -0.3 is 10.1 Å². The van der Waals surface area contributed by atoms with Gasteiger partial charge in [0.1, 0.15) is 5.60 Å². The van der Waals surface area contributed by atoms with Crippen molar-refractivity contribution in [1.29, 1.82) is 0 Å². The van der Waals surface area contributed by atoms with E-state index in [1.807, 2.05) is 34.6 Å². The zero-order valence-corrected chi connectivity index (χ0v) is 10.5. The highest BCUT2D eigenvalue weighted by Crippen LogP contribution is 2.24. The second-order valence-corrected chi connectivity index (χ2v) is 4.50. The molecule has 0 aliphatic heterocycles. The van der Waals surface area contributed by atoms with E-state index in [9.17, 15) is 4.79 Å². The van der Waals surface area contributed by atoms with Gasteiger partial charge >= 0.3 is 6.09 Å². The molecule has 1 aliphatic carbocycles. The van der Waals surface area contributed by atoms with Crippen molar-refractivity contribution in [2.45, 2.75) is 59.1 Å². The molecule has 0 aromatic rings. The van der Waals surface area contributed by atoms with Gasteiger partial charge in [-0.3, -0.25) is 0 Å². The maximum atomic E-state index is 11.2. The molecule has 0 atom stereocenters. The Morgan fingerprint density at radius 2 is 1.87 bits per heavy atom. The van der Waals surface area contributed by atoms with Gasteiger partial charge in [0.05, 0.1) is 0 Å². The molecule has 0 radical (unpaired) electrons. The lowest BCUT2D eigenvalue weighted by atomic mass is 9.88. The fraction of sp³-hybridized carbons (Fsp3) is 0.750. The molecule has 3 heteroatoms. The summed E-state index contributed by atoms with van der Waals surface area (Å²) in [4.78, 5) is 11.2. The van der Waals surface area contributed by atoms with Gasteiger partial charge in [0.2, 0.25) is 0 Å². The molecule has 0 aromatic carbocycles. The van der Waals surface area contributed by atoms with Crippen LogP contribution in [0, 0.1) is 0 Å². The molecule has 1 saturated carbocycles. The van der Waals surface area contributed by atoms with Gasteiger partial charge in [-0.1, -0.05) is 26.0 Å². The van der Waals surface area contributed by atoms with Crippen LogP contribution in [-0.4, -0.2) is 17.7 Å². The molecule has 1 aliphatic rings. The van der Waals surface area contributed by atoms with Crippen LogP contribution in [-0.2, 0) is 4.74 Å². The first-order valence-corrected chi connectivity index (χ1v) is 5.53. The molecule has 0 saturated heterocycles. The van der Waals surface area contributed by atoms with Crippen molar-refractivity contribution in [1.82, 2.24) is 5.32 Å². The summed E-state index contributed by atoms with van der Waals surface area (Å²) in [5.41, 5.74) is 0.784. The zero-order chi connectivity index (χ0) is 12.1. The van der Waals surface area contributed by atoms with Crippen LogP contribution in [0.15, 0.2) is 12.2 Å². The van der Waals surface area contributed by atoms with E-state index >= 15 is 0 Å². The van der Waals surface area contributed by atoms with Gasteiger partial charge in [-0.15, -0.1) is 0 Å². The maximum Gasteiger partial charge on any atom is 0.407 e. The minimum atomic E-state index is -0.412. The van der Waals surface area contributed by atoms with Crippen LogP contribution in [0.4, 0.5) is 4.79 Å². The normalized spacial score (nSPS) is 15.9.